The molecule has 0 aliphatic rings. The van der Waals surface area contributed by atoms with E-state index in [0.717, 1.165) is 5.92 Å². The minimum Gasteiger partial charge on any atom is -0.0654 e. The molecule has 1 atom stereocenters. The highest BCUT2D eigenvalue weighted by Crippen LogP contribution is 2.18. The highest BCUT2D eigenvalue weighted by atomic mass is 14.1. The van der Waals surface area contributed by atoms with E-state index in [1.165, 1.54) is 44.1 Å². The summed E-state index contributed by atoms with van der Waals surface area (Å²) in [5, 5.41) is 0. The lowest BCUT2D eigenvalue weighted by Crippen LogP contribution is -1.99. The van der Waals surface area contributed by atoms with E-state index in [9.17, 15) is 0 Å². The summed E-state index contributed by atoms with van der Waals surface area (Å²) in [5.74, 6) is 0.957. The van der Waals surface area contributed by atoms with Crippen molar-refractivity contribution in [3.63, 3.8) is 0 Å². The molecule has 0 fully saturated rings. The number of hydrogen-bond acceptors (Lipinski definition) is 0. The van der Waals surface area contributed by atoms with Gasteiger partial charge in [0.1, 0.15) is 0 Å². The van der Waals surface area contributed by atoms with Gasteiger partial charge in [0.05, 0.1) is 0 Å². The van der Waals surface area contributed by atoms with Crippen LogP contribution in [-0.4, -0.2) is 0 Å². The van der Waals surface area contributed by atoms with Gasteiger partial charge in [-0.3, -0.25) is 0 Å². The molecule has 0 bridgehead atoms. The second-order valence-corrected chi connectivity index (χ2v) is 4.44. The fourth-order valence-electron chi connectivity index (χ4n) is 2.20. The summed E-state index contributed by atoms with van der Waals surface area (Å²) in [6.07, 6.45) is 8.10. The molecule has 1 aromatic carbocycles. The summed E-state index contributed by atoms with van der Waals surface area (Å²) < 4.78 is 0. The molecule has 0 spiro atoms. The second-order valence-electron chi connectivity index (χ2n) is 4.44. The molecule has 84 valence electrons. The average Bonchev–Trinajstić information content (AvgIpc) is 2.29. The molecule has 0 aliphatic heterocycles. The molecule has 0 saturated heterocycles. The molecule has 0 radical (unpaired) electrons. The minimum atomic E-state index is 0.957. The predicted octanol–water partition coefficient (Wildman–Crippen LogP) is 4.84. The zero-order valence-corrected chi connectivity index (χ0v) is 10.2. The van der Waals surface area contributed by atoms with Crippen molar-refractivity contribution in [2.24, 2.45) is 5.92 Å². The summed E-state index contributed by atoms with van der Waals surface area (Å²) in [5.41, 5.74) is 1.49. The maximum absolute atomic E-state index is 2.32. The van der Waals surface area contributed by atoms with Crippen molar-refractivity contribution < 1.29 is 0 Å². The normalized spacial score (nSPS) is 12.7. The first-order valence-corrected chi connectivity index (χ1v) is 6.40. The van der Waals surface area contributed by atoms with Crippen molar-refractivity contribution >= 4 is 0 Å². The molecule has 0 amide bonds. The van der Waals surface area contributed by atoms with Crippen molar-refractivity contribution in [3.05, 3.63) is 35.9 Å². The van der Waals surface area contributed by atoms with Crippen LogP contribution in [0.3, 0.4) is 0 Å². The van der Waals surface area contributed by atoms with Crippen LogP contribution in [0.4, 0.5) is 0 Å². The van der Waals surface area contributed by atoms with E-state index in [-0.39, 0.29) is 0 Å². The summed E-state index contributed by atoms with van der Waals surface area (Å²) in [4.78, 5) is 0. The Balaban J connectivity index is 2.20. The van der Waals surface area contributed by atoms with Crippen LogP contribution in [-0.2, 0) is 6.42 Å². The largest absolute Gasteiger partial charge is 0.0654 e. The van der Waals surface area contributed by atoms with E-state index in [2.05, 4.69) is 44.2 Å². The van der Waals surface area contributed by atoms with E-state index >= 15 is 0 Å². The van der Waals surface area contributed by atoms with Gasteiger partial charge in [-0.1, -0.05) is 69.9 Å². The van der Waals surface area contributed by atoms with Crippen LogP contribution in [0.2, 0.25) is 0 Å². The van der Waals surface area contributed by atoms with Crippen molar-refractivity contribution in [2.45, 2.75) is 52.4 Å². The first-order chi connectivity index (χ1) is 7.36. The van der Waals surface area contributed by atoms with Crippen molar-refractivity contribution in [3.8, 4) is 0 Å². The molecule has 15 heavy (non-hydrogen) atoms. The van der Waals surface area contributed by atoms with E-state index in [0.29, 0.717) is 0 Å². The van der Waals surface area contributed by atoms with Crippen LogP contribution in [0.15, 0.2) is 30.3 Å². The Labute approximate surface area is 94.7 Å². The van der Waals surface area contributed by atoms with E-state index < -0.39 is 0 Å². The van der Waals surface area contributed by atoms with Crippen molar-refractivity contribution in [2.75, 3.05) is 0 Å². The Morgan fingerprint density at radius 2 is 1.73 bits per heavy atom. The van der Waals surface area contributed by atoms with Gasteiger partial charge in [0, 0.05) is 0 Å². The molecule has 0 nitrogen and oxygen atoms in total. The van der Waals surface area contributed by atoms with Crippen LogP contribution in [0, 0.1) is 5.92 Å². The highest BCUT2D eigenvalue weighted by Gasteiger charge is 2.04. The van der Waals surface area contributed by atoms with Gasteiger partial charge in [-0.05, 0) is 24.3 Å². The molecule has 1 unspecified atom stereocenters. The topological polar surface area (TPSA) is 0 Å². The molecule has 1 rings (SSSR count). The standard InChI is InChI=1S/C15H24/c1-3-9-14(4-2)12-8-13-15-10-6-5-7-11-15/h5-7,10-11,14H,3-4,8-9,12-13H2,1-2H3. The molecule has 0 aliphatic carbocycles. The Kier molecular flexibility index (Phi) is 6.15. The first kappa shape index (κ1) is 12.3. The lowest BCUT2D eigenvalue weighted by molar-refractivity contribution is 0.419. The summed E-state index contributed by atoms with van der Waals surface area (Å²) in [6.45, 7) is 4.61. The molecule has 0 heterocycles. The smallest absolute Gasteiger partial charge is 0.0279 e. The van der Waals surface area contributed by atoms with Gasteiger partial charge in [-0.25, -0.2) is 0 Å². The third kappa shape index (κ3) is 5.01. The second kappa shape index (κ2) is 7.50. The predicted molar refractivity (Wildman–Crippen MR) is 68.1 cm³/mol. The molecule has 0 saturated carbocycles. The molecule has 1 aromatic rings. The van der Waals surface area contributed by atoms with Gasteiger partial charge in [-0.15, -0.1) is 0 Å². The van der Waals surface area contributed by atoms with Crippen LogP contribution in [0.25, 0.3) is 0 Å². The van der Waals surface area contributed by atoms with Gasteiger partial charge in [-0.2, -0.15) is 0 Å². The number of benzene rings is 1. The lowest BCUT2D eigenvalue weighted by Gasteiger charge is -2.13. The zero-order valence-electron chi connectivity index (χ0n) is 10.2. The van der Waals surface area contributed by atoms with E-state index in [1.807, 2.05) is 0 Å². The number of rotatable bonds is 7. The Hall–Kier alpha value is -0.780. The van der Waals surface area contributed by atoms with Crippen LogP contribution in [0.1, 0.15) is 51.5 Å². The Bertz CT molecular complexity index is 237. The van der Waals surface area contributed by atoms with Crippen LogP contribution < -0.4 is 0 Å². The summed E-state index contributed by atoms with van der Waals surface area (Å²) >= 11 is 0. The maximum atomic E-state index is 2.32. The third-order valence-electron chi connectivity index (χ3n) is 3.19. The quantitative estimate of drug-likeness (QED) is 0.596. The van der Waals surface area contributed by atoms with E-state index in [4.69, 9.17) is 0 Å². The van der Waals surface area contributed by atoms with Gasteiger partial charge >= 0.3 is 0 Å². The summed E-state index contributed by atoms with van der Waals surface area (Å²) in [7, 11) is 0. The molecular weight excluding hydrogens is 180 g/mol. The van der Waals surface area contributed by atoms with Crippen molar-refractivity contribution in [1.82, 2.24) is 0 Å². The van der Waals surface area contributed by atoms with Gasteiger partial charge in [0.25, 0.3) is 0 Å². The minimum absolute atomic E-state index is 0.957. The number of aryl methyl sites for hydroxylation is 1. The molecule has 0 heteroatoms. The highest BCUT2D eigenvalue weighted by molar-refractivity contribution is 5.14. The lowest BCUT2D eigenvalue weighted by atomic mass is 9.93. The monoisotopic (exact) mass is 204 g/mol. The van der Waals surface area contributed by atoms with E-state index in [1.54, 1.807) is 0 Å². The Morgan fingerprint density at radius 1 is 1.00 bits per heavy atom. The Morgan fingerprint density at radius 3 is 2.33 bits per heavy atom. The molecule has 0 N–H and O–H groups in total. The first-order valence-electron chi connectivity index (χ1n) is 6.40. The maximum Gasteiger partial charge on any atom is -0.0279 e. The fraction of sp³-hybridized carbons (Fsp3) is 0.600. The van der Waals surface area contributed by atoms with Crippen LogP contribution >= 0.6 is 0 Å². The average molecular weight is 204 g/mol. The zero-order chi connectivity index (χ0) is 10.9. The molecule has 0 aromatic heterocycles. The van der Waals surface area contributed by atoms with Crippen molar-refractivity contribution in [1.29, 1.82) is 0 Å². The SMILES string of the molecule is CCCC(CC)CCCc1ccccc1. The summed E-state index contributed by atoms with van der Waals surface area (Å²) in [6, 6.07) is 10.8. The van der Waals surface area contributed by atoms with Gasteiger partial charge in [0.15, 0.2) is 0 Å². The van der Waals surface area contributed by atoms with Gasteiger partial charge < -0.3 is 0 Å². The molecular formula is C15H24. The number of hydrogen-bond donors (Lipinski definition) is 0. The fourth-order valence-corrected chi connectivity index (χ4v) is 2.20. The van der Waals surface area contributed by atoms with Gasteiger partial charge in [0.2, 0.25) is 0 Å². The van der Waals surface area contributed by atoms with Crippen LogP contribution in [0.5, 0.6) is 0 Å². The third-order valence-corrected chi connectivity index (χ3v) is 3.19.